The van der Waals surface area contributed by atoms with Crippen molar-refractivity contribution in [1.82, 2.24) is 9.97 Å². The van der Waals surface area contributed by atoms with Crippen LogP contribution in [0.4, 0.5) is 17.3 Å². The first kappa shape index (κ1) is 15.1. The smallest absolute Gasteiger partial charge is 0.148 e. The molecule has 0 saturated carbocycles. The van der Waals surface area contributed by atoms with Crippen molar-refractivity contribution >= 4 is 17.3 Å². The molecule has 0 spiro atoms. The van der Waals surface area contributed by atoms with Crippen LogP contribution in [0.3, 0.4) is 0 Å². The molecule has 21 heavy (non-hydrogen) atoms. The Balaban J connectivity index is 2.20. The summed E-state index contributed by atoms with van der Waals surface area (Å²) in [6.45, 7) is 7.74. The molecule has 1 aromatic heterocycles. The Morgan fingerprint density at radius 3 is 2.24 bits per heavy atom. The lowest BCUT2D eigenvalue weighted by atomic mass is 10.2. The highest BCUT2D eigenvalue weighted by molar-refractivity contribution is 5.64. The van der Waals surface area contributed by atoms with Crippen LogP contribution in [0.25, 0.3) is 0 Å². The zero-order valence-corrected chi connectivity index (χ0v) is 12.8. The second-order valence-electron chi connectivity index (χ2n) is 5.05. The van der Waals surface area contributed by atoms with Crippen molar-refractivity contribution in [1.29, 1.82) is 0 Å². The maximum atomic E-state index is 5.62. The van der Waals surface area contributed by atoms with Crippen LogP contribution in [0.15, 0.2) is 24.3 Å². The average Bonchev–Trinajstić information content (AvgIpc) is 2.44. The summed E-state index contributed by atoms with van der Waals surface area (Å²) in [5, 5.41) is 3.27. The maximum absolute atomic E-state index is 5.62. The molecule has 0 aliphatic heterocycles. The number of nitrogens with two attached hydrogens (primary N) is 1. The Labute approximate surface area is 124 Å². The Hall–Kier alpha value is -2.34. The highest BCUT2D eigenvalue weighted by atomic mass is 16.5. The van der Waals surface area contributed by atoms with Gasteiger partial charge in [0.25, 0.3) is 0 Å². The van der Waals surface area contributed by atoms with Crippen LogP contribution in [0.2, 0.25) is 0 Å². The number of aromatic nitrogens is 2. The van der Waals surface area contributed by atoms with Gasteiger partial charge in [-0.2, -0.15) is 0 Å². The van der Waals surface area contributed by atoms with E-state index in [9.17, 15) is 0 Å². The third-order valence-electron chi connectivity index (χ3n) is 2.88. The first-order valence-corrected chi connectivity index (χ1v) is 6.85. The number of benzene rings is 1. The molecule has 0 unspecified atom stereocenters. The minimum Gasteiger partial charge on any atom is -0.491 e. The molecule has 0 aliphatic carbocycles. The molecular formula is C15H21N5O. The van der Waals surface area contributed by atoms with E-state index in [4.69, 9.17) is 10.6 Å². The minimum absolute atomic E-state index is 0.161. The van der Waals surface area contributed by atoms with Crippen molar-refractivity contribution < 1.29 is 4.74 Å². The summed E-state index contributed by atoms with van der Waals surface area (Å²) >= 11 is 0. The number of ether oxygens (including phenoxy) is 1. The first-order valence-electron chi connectivity index (χ1n) is 6.85. The molecule has 2 rings (SSSR count). The standard InChI is InChI=1S/C15H21N5O/c1-9(2)21-13-7-5-12(6-8-13)19-14-10(3)15(20-16)18-11(4)17-14/h5-9H,16H2,1-4H3,(H2,17,18,19,20). The summed E-state index contributed by atoms with van der Waals surface area (Å²) in [7, 11) is 0. The second kappa shape index (κ2) is 6.41. The van der Waals surface area contributed by atoms with E-state index in [1.165, 1.54) is 0 Å². The maximum Gasteiger partial charge on any atom is 0.148 e. The third kappa shape index (κ3) is 3.82. The first-order chi connectivity index (χ1) is 9.99. The van der Waals surface area contributed by atoms with Gasteiger partial charge in [-0.05, 0) is 52.0 Å². The molecule has 6 nitrogen and oxygen atoms in total. The van der Waals surface area contributed by atoms with Gasteiger partial charge in [-0.15, -0.1) is 0 Å². The van der Waals surface area contributed by atoms with Gasteiger partial charge in [-0.3, -0.25) is 0 Å². The van der Waals surface area contributed by atoms with Crippen LogP contribution in [-0.4, -0.2) is 16.1 Å². The second-order valence-corrected chi connectivity index (χ2v) is 5.05. The van der Waals surface area contributed by atoms with Crippen molar-refractivity contribution in [2.75, 3.05) is 10.7 Å². The summed E-state index contributed by atoms with van der Waals surface area (Å²) in [4.78, 5) is 8.63. The molecule has 0 amide bonds. The van der Waals surface area contributed by atoms with Crippen molar-refractivity contribution in [2.45, 2.75) is 33.8 Å². The SMILES string of the molecule is Cc1nc(NN)c(C)c(Nc2ccc(OC(C)C)cc2)n1. The topological polar surface area (TPSA) is 85.1 Å². The minimum atomic E-state index is 0.161. The molecule has 0 saturated heterocycles. The van der Waals surface area contributed by atoms with Crippen LogP contribution < -0.4 is 21.3 Å². The van der Waals surface area contributed by atoms with Crippen molar-refractivity contribution in [3.05, 3.63) is 35.7 Å². The number of hydrogen-bond donors (Lipinski definition) is 3. The zero-order valence-electron chi connectivity index (χ0n) is 12.8. The quantitative estimate of drug-likeness (QED) is 0.579. The lowest BCUT2D eigenvalue weighted by molar-refractivity contribution is 0.242. The van der Waals surface area contributed by atoms with Gasteiger partial charge in [0.1, 0.15) is 23.2 Å². The van der Waals surface area contributed by atoms with Gasteiger partial charge >= 0.3 is 0 Å². The van der Waals surface area contributed by atoms with E-state index in [0.717, 1.165) is 22.8 Å². The number of nitrogens with zero attached hydrogens (tertiary/aromatic N) is 2. The van der Waals surface area contributed by atoms with Crippen LogP contribution >= 0.6 is 0 Å². The number of hydrazine groups is 1. The van der Waals surface area contributed by atoms with E-state index in [2.05, 4.69) is 20.7 Å². The van der Waals surface area contributed by atoms with Gasteiger partial charge in [0.05, 0.1) is 6.10 Å². The van der Waals surface area contributed by atoms with E-state index in [0.29, 0.717) is 11.6 Å². The molecular weight excluding hydrogens is 266 g/mol. The van der Waals surface area contributed by atoms with Crippen molar-refractivity contribution in [3.8, 4) is 5.75 Å². The van der Waals surface area contributed by atoms with Gasteiger partial charge in [0, 0.05) is 11.3 Å². The van der Waals surface area contributed by atoms with Crippen LogP contribution in [0.1, 0.15) is 25.2 Å². The van der Waals surface area contributed by atoms with E-state index in [1.807, 2.05) is 52.0 Å². The Bertz CT molecular complexity index is 610. The summed E-state index contributed by atoms with van der Waals surface area (Å²) in [6, 6.07) is 7.75. The van der Waals surface area contributed by atoms with E-state index in [-0.39, 0.29) is 6.10 Å². The molecule has 112 valence electrons. The van der Waals surface area contributed by atoms with Gasteiger partial charge in [0.15, 0.2) is 0 Å². The number of nitrogens with one attached hydrogen (secondary N) is 2. The molecule has 1 heterocycles. The molecule has 1 aromatic carbocycles. The Morgan fingerprint density at radius 1 is 1.05 bits per heavy atom. The summed E-state index contributed by atoms with van der Waals surface area (Å²) in [5.74, 6) is 8.30. The van der Waals surface area contributed by atoms with E-state index in [1.54, 1.807) is 0 Å². The molecule has 0 bridgehead atoms. The highest BCUT2D eigenvalue weighted by Crippen LogP contribution is 2.24. The lowest BCUT2D eigenvalue weighted by Crippen LogP contribution is -2.13. The molecule has 0 fully saturated rings. The fraction of sp³-hybridized carbons (Fsp3) is 0.333. The number of nitrogen functional groups attached to an aromatic ring is 1. The predicted molar refractivity (Wildman–Crippen MR) is 84.8 cm³/mol. The summed E-state index contributed by atoms with van der Waals surface area (Å²) in [6.07, 6.45) is 0.161. The molecule has 4 N–H and O–H groups in total. The highest BCUT2D eigenvalue weighted by Gasteiger charge is 2.08. The summed E-state index contributed by atoms with van der Waals surface area (Å²) in [5.41, 5.74) is 4.37. The van der Waals surface area contributed by atoms with Gasteiger partial charge in [-0.1, -0.05) is 0 Å². The molecule has 6 heteroatoms. The average molecular weight is 287 g/mol. The molecule has 0 radical (unpaired) electrons. The van der Waals surface area contributed by atoms with Gasteiger partial charge < -0.3 is 15.5 Å². The van der Waals surface area contributed by atoms with Gasteiger partial charge in [-0.25, -0.2) is 15.8 Å². The number of anilines is 3. The normalized spacial score (nSPS) is 10.6. The number of aryl methyl sites for hydroxylation is 1. The largest absolute Gasteiger partial charge is 0.491 e. The van der Waals surface area contributed by atoms with Gasteiger partial charge in [0.2, 0.25) is 0 Å². The van der Waals surface area contributed by atoms with E-state index < -0.39 is 0 Å². The van der Waals surface area contributed by atoms with Crippen LogP contribution in [0.5, 0.6) is 5.75 Å². The molecule has 0 atom stereocenters. The van der Waals surface area contributed by atoms with Crippen LogP contribution in [0, 0.1) is 13.8 Å². The number of hydrogen-bond acceptors (Lipinski definition) is 6. The number of rotatable bonds is 5. The van der Waals surface area contributed by atoms with Crippen LogP contribution in [-0.2, 0) is 0 Å². The fourth-order valence-electron chi connectivity index (χ4n) is 1.92. The molecule has 0 aliphatic rings. The summed E-state index contributed by atoms with van der Waals surface area (Å²) < 4.78 is 5.62. The third-order valence-corrected chi connectivity index (χ3v) is 2.88. The van der Waals surface area contributed by atoms with Crippen molar-refractivity contribution in [2.24, 2.45) is 5.84 Å². The predicted octanol–water partition coefficient (Wildman–Crippen LogP) is 2.91. The Kier molecular flexibility index (Phi) is 4.59. The lowest BCUT2D eigenvalue weighted by Gasteiger charge is -2.13. The van der Waals surface area contributed by atoms with E-state index >= 15 is 0 Å². The van der Waals surface area contributed by atoms with Crippen molar-refractivity contribution in [3.63, 3.8) is 0 Å². The fourth-order valence-corrected chi connectivity index (χ4v) is 1.92. The molecule has 2 aromatic rings. The Morgan fingerprint density at radius 2 is 1.67 bits per heavy atom. The zero-order chi connectivity index (χ0) is 15.4. The monoisotopic (exact) mass is 287 g/mol.